The minimum absolute atomic E-state index is 0.0820. The monoisotopic (exact) mass is 323 g/mol. The molecule has 0 bridgehead atoms. The van der Waals surface area contributed by atoms with Crippen molar-refractivity contribution in [3.8, 4) is 17.0 Å². The van der Waals surface area contributed by atoms with E-state index < -0.39 is 6.10 Å². The molecule has 0 saturated heterocycles. The van der Waals surface area contributed by atoms with E-state index in [1.165, 1.54) is 0 Å². The number of phenolic OH excluding ortho intramolecular Hbond substituents is 1. The van der Waals surface area contributed by atoms with Gasteiger partial charge in [-0.1, -0.05) is 36.4 Å². The maximum Gasteiger partial charge on any atom is 0.138 e. The molecule has 1 atom stereocenters. The third kappa shape index (κ3) is 3.41. The molecule has 0 aliphatic rings. The second kappa shape index (κ2) is 6.76. The predicted octanol–water partition coefficient (Wildman–Crippen LogP) is 2.81. The Balaban J connectivity index is 1.98. The highest BCUT2D eigenvalue weighted by Crippen LogP contribution is 2.25. The Labute approximate surface area is 141 Å². The van der Waals surface area contributed by atoms with Crippen molar-refractivity contribution in [2.45, 2.75) is 26.0 Å². The largest absolute Gasteiger partial charge is 0.506 e. The average Bonchev–Trinajstić information content (AvgIpc) is 2.94. The lowest BCUT2D eigenvalue weighted by Gasteiger charge is -2.13. The van der Waals surface area contributed by atoms with Crippen LogP contribution in [0.5, 0.6) is 5.75 Å². The highest BCUT2D eigenvalue weighted by molar-refractivity contribution is 5.62. The van der Waals surface area contributed by atoms with Crippen LogP contribution in [-0.2, 0) is 13.0 Å². The number of rotatable bonds is 5. The highest BCUT2D eigenvalue weighted by Gasteiger charge is 2.15. The molecule has 0 spiro atoms. The molecule has 5 heteroatoms. The summed E-state index contributed by atoms with van der Waals surface area (Å²) >= 11 is 0. The Morgan fingerprint density at radius 2 is 1.92 bits per heavy atom. The van der Waals surface area contributed by atoms with Crippen molar-refractivity contribution in [3.63, 3.8) is 0 Å². The van der Waals surface area contributed by atoms with E-state index in [-0.39, 0.29) is 5.75 Å². The molecule has 1 unspecified atom stereocenters. The van der Waals surface area contributed by atoms with E-state index in [4.69, 9.17) is 5.73 Å². The van der Waals surface area contributed by atoms with E-state index in [0.717, 1.165) is 22.5 Å². The summed E-state index contributed by atoms with van der Waals surface area (Å²) in [6, 6.07) is 15.1. The molecule has 3 rings (SSSR count). The SMILES string of the molecule is CC(O)Cc1c(-c2ccccc2)ncn1Cc1ccc(O)c(N)c1. The average molecular weight is 323 g/mol. The molecule has 5 nitrogen and oxygen atoms in total. The Kier molecular flexibility index (Phi) is 4.53. The minimum Gasteiger partial charge on any atom is -0.506 e. The molecule has 124 valence electrons. The quantitative estimate of drug-likeness (QED) is 0.498. The molecule has 3 aromatic rings. The maximum absolute atomic E-state index is 9.87. The Morgan fingerprint density at radius 1 is 1.17 bits per heavy atom. The number of anilines is 1. The van der Waals surface area contributed by atoms with Crippen molar-refractivity contribution in [1.29, 1.82) is 0 Å². The third-order valence-corrected chi connectivity index (χ3v) is 3.93. The van der Waals surface area contributed by atoms with Gasteiger partial charge in [-0.3, -0.25) is 0 Å². The molecule has 0 amide bonds. The van der Waals surface area contributed by atoms with Gasteiger partial charge < -0.3 is 20.5 Å². The van der Waals surface area contributed by atoms with Crippen LogP contribution < -0.4 is 5.73 Å². The topological polar surface area (TPSA) is 84.3 Å². The standard InChI is InChI=1S/C19H21N3O2/c1-13(23)9-17-19(15-5-3-2-4-6-15)21-12-22(17)11-14-7-8-18(24)16(20)10-14/h2-8,10,12-13,23-24H,9,11,20H2,1H3. The van der Waals surface area contributed by atoms with Gasteiger partial charge in [0.1, 0.15) is 5.75 Å². The first-order valence-corrected chi connectivity index (χ1v) is 7.89. The van der Waals surface area contributed by atoms with E-state index in [0.29, 0.717) is 18.7 Å². The van der Waals surface area contributed by atoms with Gasteiger partial charge in [0.2, 0.25) is 0 Å². The molecule has 0 saturated carbocycles. The van der Waals surface area contributed by atoms with Crippen LogP contribution in [0.1, 0.15) is 18.2 Å². The molecular weight excluding hydrogens is 302 g/mol. The Hall–Kier alpha value is -2.79. The lowest BCUT2D eigenvalue weighted by atomic mass is 10.1. The fourth-order valence-electron chi connectivity index (χ4n) is 2.77. The fourth-order valence-corrected chi connectivity index (χ4v) is 2.77. The molecule has 0 fully saturated rings. The van der Waals surface area contributed by atoms with Crippen molar-refractivity contribution < 1.29 is 10.2 Å². The molecule has 1 heterocycles. The second-order valence-corrected chi connectivity index (χ2v) is 5.98. The minimum atomic E-state index is -0.465. The van der Waals surface area contributed by atoms with Crippen LogP contribution in [0.25, 0.3) is 11.3 Å². The third-order valence-electron chi connectivity index (χ3n) is 3.93. The number of aromatic nitrogens is 2. The summed E-state index contributed by atoms with van der Waals surface area (Å²) in [4.78, 5) is 4.55. The van der Waals surface area contributed by atoms with Gasteiger partial charge in [0.15, 0.2) is 0 Å². The van der Waals surface area contributed by atoms with Crippen LogP contribution >= 0.6 is 0 Å². The van der Waals surface area contributed by atoms with Gasteiger partial charge in [0.05, 0.1) is 23.8 Å². The molecule has 0 radical (unpaired) electrons. The molecule has 0 aliphatic carbocycles. The second-order valence-electron chi connectivity index (χ2n) is 5.98. The van der Waals surface area contributed by atoms with Crippen molar-refractivity contribution in [2.24, 2.45) is 0 Å². The zero-order valence-electron chi connectivity index (χ0n) is 13.6. The Morgan fingerprint density at radius 3 is 2.58 bits per heavy atom. The van der Waals surface area contributed by atoms with Crippen molar-refractivity contribution in [3.05, 3.63) is 66.1 Å². The van der Waals surface area contributed by atoms with Crippen LogP contribution in [-0.4, -0.2) is 25.9 Å². The Bertz CT molecular complexity index is 826. The van der Waals surface area contributed by atoms with Gasteiger partial charge in [0, 0.05) is 24.2 Å². The van der Waals surface area contributed by atoms with E-state index in [1.807, 2.05) is 41.0 Å². The van der Waals surface area contributed by atoms with Crippen molar-refractivity contribution in [2.75, 3.05) is 5.73 Å². The fraction of sp³-hybridized carbons (Fsp3) is 0.211. The van der Waals surface area contributed by atoms with Crippen LogP contribution in [0.15, 0.2) is 54.9 Å². The molecule has 0 aliphatic heterocycles. The number of aliphatic hydroxyl groups is 1. The number of aliphatic hydroxyl groups excluding tert-OH is 1. The maximum atomic E-state index is 9.87. The zero-order valence-corrected chi connectivity index (χ0v) is 13.6. The summed E-state index contributed by atoms with van der Waals surface area (Å²) < 4.78 is 2.01. The normalized spacial score (nSPS) is 12.2. The van der Waals surface area contributed by atoms with Crippen molar-refractivity contribution >= 4 is 5.69 Å². The van der Waals surface area contributed by atoms with Gasteiger partial charge in [0.25, 0.3) is 0 Å². The first kappa shape index (κ1) is 16.1. The van der Waals surface area contributed by atoms with Crippen LogP contribution in [0, 0.1) is 0 Å². The molecular formula is C19H21N3O2. The van der Waals surface area contributed by atoms with Crippen LogP contribution in [0.2, 0.25) is 0 Å². The van der Waals surface area contributed by atoms with Gasteiger partial charge in [-0.2, -0.15) is 0 Å². The zero-order chi connectivity index (χ0) is 17.1. The van der Waals surface area contributed by atoms with E-state index in [2.05, 4.69) is 4.98 Å². The number of imidazole rings is 1. The van der Waals surface area contributed by atoms with Gasteiger partial charge in [-0.15, -0.1) is 0 Å². The summed E-state index contributed by atoms with van der Waals surface area (Å²) in [6.07, 6.45) is 1.83. The molecule has 1 aromatic heterocycles. The van der Waals surface area contributed by atoms with E-state index in [1.54, 1.807) is 25.4 Å². The number of nitrogens with two attached hydrogens (primary N) is 1. The summed E-state index contributed by atoms with van der Waals surface area (Å²) in [6.45, 7) is 2.34. The number of hydrogen-bond donors (Lipinski definition) is 3. The number of hydrogen-bond acceptors (Lipinski definition) is 4. The number of benzene rings is 2. The summed E-state index contributed by atoms with van der Waals surface area (Å²) in [7, 11) is 0. The molecule has 2 aromatic carbocycles. The first-order chi connectivity index (χ1) is 11.5. The summed E-state index contributed by atoms with van der Waals surface area (Å²) in [5.74, 6) is 0.0820. The van der Waals surface area contributed by atoms with E-state index in [9.17, 15) is 10.2 Å². The van der Waals surface area contributed by atoms with Gasteiger partial charge in [-0.05, 0) is 24.6 Å². The predicted molar refractivity (Wildman–Crippen MR) is 94.7 cm³/mol. The van der Waals surface area contributed by atoms with Gasteiger partial charge >= 0.3 is 0 Å². The first-order valence-electron chi connectivity index (χ1n) is 7.89. The molecule has 4 N–H and O–H groups in total. The van der Waals surface area contributed by atoms with Crippen LogP contribution in [0.4, 0.5) is 5.69 Å². The molecule has 24 heavy (non-hydrogen) atoms. The van der Waals surface area contributed by atoms with Crippen LogP contribution in [0.3, 0.4) is 0 Å². The highest BCUT2D eigenvalue weighted by atomic mass is 16.3. The summed E-state index contributed by atoms with van der Waals surface area (Å²) in [5.41, 5.74) is 9.97. The smallest absolute Gasteiger partial charge is 0.138 e. The number of phenols is 1. The number of nitrogen functional groups attached to an aromatic ring is 1. The van der Waals surface area contributed by atoms with Crippen molar-refractivity contribution in [1.82, 2.24) is 9.55 Å². The number of nitrogens with zero attached hydrogens (tertiary/aromatic N) is 2. The van der Waals surface area contributed by atoms with Gasteiger partial charge in [-0.25, -0.2) is 4.98 Å². The lowest BCUT2D eigenvalue weighted by molar-refractivity contribution is 0.193. The van der Waals surface area contributed by atoms with E-state index >= 15 is 0 Å². The summed E-state index contributed by atoms with van der Waals surface area (Å²) in [5, 5.41) is 19.4. The number of aromatic hydroxyl groups is 1. The lowest BCUT2D eigenvalue weighted by Crippen LogP contribution is -2.11.